The molecule has 0 unspecified atom stereocenters. The second-order valence-electron chi connectivity index (χ2n) is 6.53. The largest absolute Gasteiger partial charge is 0.390 e. The molecule has 0 saturated carbocycles. The molecule has 1 aromatic carbocycles. The third-order valence-corrected chi connectivity index (χ3v) is 5.04. The number of aromatic nitrogens is 2. The van der Waals surface area contributed by atoms with Crippen LogP contribution in [0.15, 0.2) is 34.2 Å². The van der Waals surface area contributed by atoms with E-state index in [1.54, 1.807) is 18.4 Å². The summed E-state index contributed by atoms with van der Waals surface area (Å²) in [6.07, 6.45) is 4.45. The van der Waals surface area contributed by atoms with Gasteiger partial charge in [0, 0.05) is 12.3 Å². The van der Waals surface area contributed by atoms with Crippen LogP contribution in [0.4, 0.5) is 0 Å². The van der Waals surface area contributed by atoms with Gasteiger partial charge in [-0.25, -0.2) is 4.98 Å². The second-order valence-corrected chi connectivity index (χ2v) is 7.47. The molecule has 2 rings (SSSR count). The smallest absolute Gasteiger partial charge is 0.262 e. The second kappa shape index (κ2) is 7.97. The summed E-state index contributed by atoms with van der Waals surface area (Å²) in [6, 6.07) is 7.46. The molecule has 0 radical (unpaired) electrons. The van der Waals surface area contributed by atoms with Crippen LogP contribution >= 0.6 is 11.8 Å². The van der Waals surface area contributed by atoms with Gasteiger partial charge >= 0.3 is 0 Å². The topological polar surface area (TPSA) is 55.1 Å². The fourth-order valence-electron chi connectivity index (χ4n) is 2.39. The highest BCUT2D eigenvalue weighted by Gasteiger charge is 2.17. The quantitative estimate of drug-likeness (QED) is 0.453. The maximum atomic E-state index is 12.8. The van der Waals surface area contributed by atoms with Gasteiger partial charge in [-0.05, 0) is 32.4 Å². The lowest BCUT2D eigenvalue weighted by Gasteiger charge is -2.18. The number of rotatable bonds is 8. The molecule has 0 aliphatic rings. The maximum Gasteiger partial charge on any atom is 0.262 e. The number of para-hydroxylation sites is 1. The summed E-state index contributed by atoms with van der Waals surface area (Å²) in [7, 11) is 0. The summed E-state index contributed by atoms with van der Waals surface area (Å²) in [6.45, 7) is 6.40. The fourth-order valence-corrected chi connectivity index (χ4v) is 3.37. The van der Waals surface area contributed by atoms with Crippen molar-refractivity contribution >= 4 is 22.7 Å². The van der Waals surface area contributed by atoms with Crippen molar-refractivity contribution in [2.24, 2.45) is 0 Å². The van der Waals surface area contributed by atoms with Crippen LogP contribution in [0.25, 0.3) is 10.9 Å². The van der Waals surface area contributed by atoms with E-state index < -0.39 is 5.60 Å². The molecule has 0 aliphatic heterocycles. The average molecular weight is 334 g/mol. The molecule has 1 heterocycles. The molecular weight excluding hydrogens is 308 g/mol. The van der Waals surface area contributed by atoms with Gasteiger partial charge in [0.1, 0.15) is 0 Å². The van der Waals surface area contributed by atoms with E-state index in [9.17, 15) is 9.90 Å². The molecule has 5 heteroatoms. The summed E-state index contributed by atoms with van der Waals surface area (Å²) in [5.41, 5.74) is -0.0490. The van der Waals surface area contributed by atoms with E-state index in [0.717, 1.165) is 18.4 Å². The highest BCUT2D eigenvalue weighted by Crippen LogP contribution is 2.22. The number of thioether (sulfide) groups is 1. The Kier molecular flexibility index (Phi) is 6.25. The zero-order valence-electron chi connectivity index (χ0n) is 14.2. The van der Waals surface area contributed by atoms with E-state index in [2.05, 4.69) is 11.9 Å². The molecule has 1 aromatic heterocycles. The lowest BCUT2D eigenvalue weighted by molar-refractivity contribution is 0.107. The van der Waals surface area contributed by atoms with Crippen LogP contribution in [0.5, 0.6) is 0 Å². The Hall–Kier alpha value is -1.33. The Morgan fingerprint density at radius 2 is 1.96 bits per heavy atom. The van der Waals surface area contributed by atoms with Crippen molar-refractivity contribution in [3.05, 3.63) is 34.6 Å². The molecule has 0 saturated heterocycles. The van der Waals surface area contributed by atoms with E-state index in [0.29, 0.717) is 22.8 Å². The summed E-state index contributed by atoms with van der Waals surface area (Å²) in [4.78, 5) is 17.4. The SMILES string of the molecule is CCCCCCn1c(SCC(C)(C)O)nc2ccccc2c1=O. The summed E-state index contributed by atoms with van der Waals surface area (Å²) >= 11 is 1.45. The van der Waals surface area contributed by atoms with E-state index in [-0.39, 0.29) is 5.56 Å². The third kappa shape index (κ3) is 5.08. The van der Waals surface area contributed by atoms with E-state index in [4.69, 9.17) is 0 Å². The van der Waals surface area contributed by atoms with Crippen LogP contribution in [-0.4, -0.2) is 26.0 Å². The van der Waals surface area contributed by atoms with Gasteiger partial charge in [-0.3, -0.25) is 9.36 Å². The van der Waals surface area contributed by atoms with Gasteiger partial charge in [-0.1, -0.05) is 50.1 Å². The van der Waals surface area contributed by atoms with Gasteiger partial charge in [0.05, 0.1) is 16.5 Å². The van der Waals surface area contributed by atoms with Crippen molar-refractivity contribution in [1.29, 1.82) is 0 Å². The highest BCUT2D eigenvalue weighted by molar-refractivity contribution is 7.99. The van der Waals surface area contributed by atoms with Crippen LogP contribution in [0.2, 0.25) is 0 Å². The Labute approximate surface area is 141 Å². The van der Waals surface area contributed by atoms with E-state index >= 15 is 0 Å². The summed E-state index contributed by atoms with van der Waals surface area (Å²) in [5.74, 6) is 0.507. The first-order valence-electron chi connectivity index (χ1n) is 8.27. The lowest BCUT2D eigenvalue weighted by Crippen LogP contribution is -2.26. The van der Waals surface area contributed by atoms with Crippen molar-refractivity contribution in [2.75, 3.05) is 5.75 Å². The number of fused-ring (bicyclic) bond motifs is 1. The zero-order chi connectivity index (χ0) is 16.9. The zero-order valence-corrected chi connectivity index (χ0v) is 15.0. The minimum atomic E-state index is -0.791. The normalized spacial score (nSPS) is 12.0. The van der Waals surface area contributed by atoms with E-state index in [1.807, 2.05) is 24.3 Å². The van der Waals surface area contributed by atoms with Crippen molar-refractivity contribution in [3.63, 3.8) is 0 Å². The van der Waals surface area contributed by atoms with E-state index in [1.165, 1.54) is 24.6 Å². The molecule has 0 fully saturated rings. The molecule has 0 amide bonds. The molecule has 4 nitrogen and oxygen atoms in total. The summed E-state index contributed by atoms with van der Waals surface area (Å²) < 4.78 is 1.77. The number of hydrogen-bond donors (Lipinski definition) is 1. The first kappa shape index (κ1) is 18.0. The number of benzene rings is 1. The number of hydrogen-bond acceptors (Lipinski definition) is 4. The minimum absolute atomic E-state index is 0.0188. The average Bonchev–Trinajstić information content (AvgIpc) is 2.51. The lowest BCUT2D eigenvalue weighted by atomic mass is 10.2. The molecule has 0 spiro atoms. The van der Waals surface area contributed by atoms with Gasteiger partial charge in [-0.15, -0.1) is 0 Å². The maximum absolute atomic E-state index is 12.8. The van der Waals surface area contributed by atoms with Gasteiger partial charge in [0.2, 0.25) is 0 Å². The van der Waals surface area contributed by atoms with Crippen molar-refractivity contribution in [1.82, 2.24) is 9.55 Å². The molecular formula is C18H26N2O2S. The predicted molar refractivity (Wildman–Crippen MR) is 97.2 cm³/mol. The number of aliphatic hydroxyl groups is 1. The molecule has 0 atom stereocenters. The molecule has 1 N–H and O–H groups in total. The fraction of sp³-hybridized carbons (Fsp3) is 0.556. The summed E-state index contributed by atoms with van der Waals surface area (Å²) in [5, 5.41) is 11.3. The van der Waals surface area contributed by atoms with Crippen molar-refractivity contribution in [2.45, 2.75) is 63.8 Å². The van der Waals surface area contributed by atoms with Gasteiger partial charge in [-0.2, -0.15) is 0 Å². The molecule has 126 valence electrons. The van der Waals surface area contributed by atoms with Gasteiger partial charge in [0.25, 0.3) is 5.56 Å². The molecule has 23 heavy (non-hydrogen) atoms. The minimum Gasteiger partial charge on any atom is -0.390 e. The van der Waals surface area contributed by atoms with Crippen LogP contribution in [0.3, 0.4) is 0 Å². The van der Waals surface area contributed by atoms with Crippen molar-refractivity contribution in [3.8, 4) is 0 Å². The van der Waals surface area contributed by atoms with Gasteiger partial charge in [0.15, 0.2) is 5.16 Å². The standard InChI is InChI=1S/C18H26N2O2S/c1-4-5-6-9-12-20-16(21)14-10-7-8-11-15(14)19-17(20)23-13-18(2,3)22/h7-8,10-11,22H,4-6,9,12-13H2,1-3H3. The van der Waals surface area contributed by atoms with Crippen LogP contribution < -0.4 is 5.56 Å². The van der Waals surface area contributed by atoms with Crippen LogP contribution in [0, 0.1) is 0 Å². The molecule has 0 bridgehead atoms. The van der Waals surface area contributed by atoms with Crippen LogP contribution in [0.1, 0.15) is 46.5 Å². The van der Waals surface area contributed by atoms with Gasteiger partial charge < -0.3 is 5.11 Å². The van der Waals surface area contributed by atoms with Crippen molar-refractivity contribution < 1.29 is 5.11 Å². The molecule has 2 aromatic rings. The Balaban J connectivity index is 2.34. The predicted octanol–water partition coefficient (Wildman–Crippen LogP) is 3.84. The first-order chi connectivity index (χ1) is 10.9. The monoisotopic (exact) mass is 334 g/mol. The molecule has 0 aliphatic carbocycles. The Morgan fingerprint density at radius 1 is 1.22 bits per heavy atom. The number of unbranched alkanes of at least 4 members (excludes halogenated alkanes) is 3. The number of nitrogens with zero attached hydrogens (tertiary/aromatic N) is 2. The Bertz CT molecular complexity index is 704. The highest BCUT2D eigenvalue weighted by atomic mass is 32.2. The Morgan fingerprint density at radius 3 is 2.65 bits per heavy atom. The van der Waals surface area contributed by atoms with Crippen LogP contribution in [-0.2, 0) is 6.54 Å². The third-order valence-electron chi connectivity index (χ3n) is 3.62. The first-order valence-corrected chi connectivity index (χ1v) is 9.25.